The number of hydrogen-bond acceptors (Lipinski definition) is 4. The first kappa shape index (κ1) is 14.9. The van der Waals surface area contributed by atoms with Gasteiger partial charge in [-0.3, -0.25) is 4.79 Å². The first-order valence-electron chi connectivity index (χ1n) is 5.68. The van der Waals surface area contributed by atoms with Crippen LogP contribution in [0.1, 0.15) is 25.0 Å². The zero-order valence-corrected chi connectivity index (χ0v) is 11.3. The fourth-order valence-electron chi connectivity index (χ4n) is 1.51. The highest BCUT2D eigenvalue weighted by Gasteiger charge is 2.13. The first-order chi connectivity index (χ1) is 8.52. The van der Waals surface area contributed by atoms with E-state index in [1.165, 1.54) is 11.8 Å². The molecule has 2 atom stereocenters. The van der Waals surface area contributed by atoms with Crippen molar-refractivity contribution in [1.29, 1.82) is 0 Å². The molecule has 0 bridgehead atoms. The van der Waals surface area contributed by atoms with Gasteiger partial charge in [-0.1, -0.05) is 19.1 Å². The molecule has 0 radical (unpaired) electrons. The molecule has 0 heterocycles. The largest absolute Gasteiger partial charge is 0.497 e. The molecule has 0 fully saturated rings. The van der Waals surface area contributed by atoms with Gasteiger partial charge in [0.15, 0.2) is 0 Å². The number of aliphatic carboxylic acids is 1. The van der Waals surface area contributed by atoms with E-state index in [0.717, 1.165) is 5.56 Å². The van der Waals surface area contributed by atoms with Gasteiger partial charge in [-0.2, -0.15) is 11.8 Å². The van der Waals surface area contributed by atoms with Crippen LogP contribution in [-0.2, 0) is 4.79 Å². The molecule has 0 saturated heterocycles. The lowest BCUT2D eigenvalue weighted by atomic mass is 10.1. The number of aliphatic hydroxyl groups is 1. The number of carboxylic acid groups (broad SMARTS) is 1. The highest BCUT2D eigenvalue weighted by molar-refractivity contribution is 7.99. The number of hydrogen-bond donors (Lipinski definition) is 2. The normalized spacial score (nSPS) is 13.9. The Hall–Kier alpha value is -1.20. The topological polar surface area (TPSA) is 66.8 Å². The summed E-state index contributed by atoms with van der Waals surface area (Å²) >= 11 is 1.45. The van der Waals surface area contributed by atoms with Crippen LogP contribution in [0.4, 0.5) is 0 Å². The van der Waals surface area contributed by atoms with Crippen molar-refractivity contribution in [3.05, 3.63) is 29.8 Å². The Kier molecular flexibility index (Phi) is 6.01. The zero-order valence-electron chi connectivity index (χ0n) is 10.5. The third-order valence-corrected chi connectivity index (χ3v) is 3.72. The minimum atomic E-state index is -0.814. The van der Waals surface area contributed by atoms with E-state index in [2.05, 4.69) is 0 Å². The summed E-state index contributed by atoms with van der Waals surface area (Å²) in [5.41, 5.74) is 0.782. The monoisotopic (exact) mass is 270 g/mol. The van der Waals surface area contributed by atoms with Crippen LogP contribution in [0.25, 0.3) is 0 Å². The Labute approximate surface area is 111 Å². The van der Waals surface area contributed by atoms with Crippen LogP contribution in [0.5, 0.6) is 5.75 Å². The van der Waals surface area contributed by atoms with Gasteiger partial charge >= 0.3 is 5.97 Å². The SMILES string of the molecule is COc1cccc(C(O)CSC(C)CC(=O)O)c1. The molecule has 0 spiro atoms. The second-order valence-electron chi connectivity index (χ2n) is 4.03. The fraction of sp³-hybridized carbons (Fsp3) is 0.462. The number of carboxylic acids is 1. The average Bonchev–Trinajstić information content (AvgIpc) is 2.35. The quantitative estimate of drug-likeness (QED) is 0.796. The molecule has 0 aliphatic carbocycles. The lowest BCUT2D eigenvalue weighted by molar-refractivity contribution is -0.136. The average molecular weight is 270 g/mol. The maximum absolute atomic E-state index is 10.5. The molecule has 2 unspecified atom stereocenters. The van der Waals surface area contributed by atoms with Gasteiger partial charge in [0.25, 0.3) is 0 Å². The van der Waals surface area contributed by atoms with Crippen LogP contribution >= 0.6 is 11.8 Å². The summed E-state index contributed by atoms with van der Waals surface area (Å²) in [4.78, 5) is 10.5. The third kappa shape index (κ3) is 4.98. The van der Waals surface area contributed by atoms with Crippen LogP contribution in [0, 0.1) is 0 Å². The van der Waals surface area contributed by atoms with Crippen molar-refractivity contribution < 1.29 is 19.7 Å². The van der Waals surface area contributed by atoms with E-state index >= 15 is 0 Å². The number of aliphatic hydroxyl groups excluding tert-OH is 1. The second kappa shape index (κ2) is 7.28. The summed E-state index contributed by atoms with van der Waals surface area (Å²) in [6.07, 6.45) is -0.503. The lowest BCUT2D eigenvalue weighted by Crippen LogP contribution is -2.09. The van der Waals surface area contributed by atoms with E-state index in [9.17, 15) is 9.90 Å². The molecule has 1 aromatic rings. The number of rotatable bonds is 7. The van der Waals surface area contributed by atoms with Gasteiger partial charge in [0, 0.05) is 11.0 Å². The fourth-order valence-corrected chi connectivity index (χ4v) is 2.47. The van der Waals surface area contributed by atoms with Crippen molar-refractivity contribution in [3.8, 4) is 5.75 Å². The van der Waals surface area contributed by atoms with Crippen molar-refractivity contribution in [2.45, 2.75) is 24.7 Å². The minimum Gasteiger partial charge on any atom is -0.497 e. The third-order valence-electron chi connectivity index (χ3n) is 2.48. The Morgan fingerprint density at radius 3 is 2.83 bits per heavy atom. The molecule has 0 aliphatic heterocycles. The molecule has 1 aromatic carbocycles. The lowest BCUT2D eigenvalue weighted by Gasteiger charge is -2.14. The van der Waals surface area contributed by atoms with Crippen molar-refractivity contribution in [3.63, 3.8) is 0 Å². The molecule has 18 heavy (non-hydrogen) atoms. The Morgan fingerprint density at radius 2 is 2.22 bits per heavy atom. The van der Waals surface area contributed by atoms with E-state index in [1.807, 2.05) is 25.1 Å². The van der Waals surface area contributed by atoms with Crippen molar-refractivity contribution >= 4 is 17.7 Å². The Morgan fingerprint density at radius 1 is 1.50 bits per heavy atom. The van der Waals surface area contributed by atoms with Gasteiger partial charge < -0.3 is 14.9 Å². The molecule has 4 nitrogen and oxygen atoms in total. The van der Waals surface area contributed by atoms with E-state index in [0.29, 0.717) is 11.5 Å². The molecule has 0 aromatic heterocycles. The Balaban J connectivity index is 2.49. The van der Waals surface area contributed by atoms with Gasteiger partial charge in [-0.25, -0.2) is 0 Å². The summed E-state index contributed by atoms with van der Waals surface area (Å²) in [5.74, 6) is 0.364. The van der Waals surface area contributed by atoms with Crippen LogP contribution in [0.3, 0.4) is 0 Å². The van der Waals surface area contributed by atoms with Crippen LogP contribution in [0.15, 0.2) is 24.3 Å². The minimum absolute atomic E-state index is 0.0113. The molecule has 5 heteroatoms. The van der Waals surface area contributed by atoms with Crippen molar-refractivity contribution in [2.24, 2.45) is 0 Å². The standard InChI is InChI=1S/C13H18O4S/c1-9(6-13(15)16)18-8-12(14)10-4-3-5-11(7-10)17-2/h3-5,7,9,12,14H,6,8H2,1-2H3,(H,15,16). The summed E-state index contributed by atoms with van der Waals surface area (Å²) in [5, 5.41) is 18.6. The summed E-state index contributed by atoms with van der Waals surface area (Å²) < 4.78 is 5.09. The number of benzene rings is 1. The van der Waals surface area contributed by atoms with Crippen LogP contribution < -0.4 is 4.74 Å². The first-order valence-corrected chi connectivity index (χ1v) is 6.73. The molecule has 2 N–H and O–H groups in total. The molecule has 0 amide bonds. The van der Waals surface area contributed by atoms with E-state index in [1.54, 1.807) is 13.2 Å². The number of thioether (sulfide) groups is 1. The van der Waals surface area contributed by atoms with Gasteiger partial charge in [0.05, 0.1) is 19.6 Å². The molecule has 0 saturated carbocycles. The molecular formula is C13H18O4S. The van der Waals surface area contributed by atoms with E-state index < -0.39 is 12.1 Å². The van der Waals surface area contributed by atoms with Crippen molar-refractivity contribution in [1.82, 2.24) is 0 Å². The van der Waals surface area contributed by atoms with Crippen LogP contribution in [-0.4, -0.2) is 34.3 Å². The van der Waals surface area contributed by atoms with Gasteiger partial charge in [0.2, 0.25) is 0 Å². The number of ether oxygens (including phenoxy) is 1. The Bertz CT molecular complexity index is 394. The maximum atomic E-state index is 10.5. The zero-order chi connectivity index (χ0) is 13.5. The smallest absolute Gasteiger partial charge is 0.304 e. The van der Waals surface area contributed by atoms with Crippen LogP contribution in [0.2, 0.25) is 0 Å². The number of carbonyl (C=O) groups is 1. The maximum Gasteiger partial charge on any atom is 0.304 e. The second-order valence-corrected chi connectivity index (χ2v) is 5.51. The van der Waals surface area contributed by atoms with Gasteiger partial charge in [-0.05, 0) is 17.7 Å². The summed E-state index contributed by atoms with van der Waals surface area (Å²) in [6.45, 7) is 1.84. The van der Waals surface area contributed by atoms with E-state index in [-0.39, 0.29) is 11.7 Å². The summed E-state index contributed by atoms with van der Waals surface area (Å²) in [7, 11) is 1.58. The highest BCUT2D eigenvalue weighted by Crippen LogP contribution is 2.25. The summed E-state index contributed by atoms with van der Waals surface area (Å²) in [6, 6.07) is 7.25. The number of methoxy groups -OCH3 is 1. The molecular weight excluding hydrogens is 252 g/mol. The van der Waals surface area contributed by atoms with Gasteiger partial charge in [-0.15, -0.1) is 0 Å². The molecule has 0 aliphatic rings. The van der Waals surface area contributed by atoms with E-state index in [4.69, 9.17) is 9.84 Å². The molecule has 1 rings (SSSR count). The predicted molar refractivity (Wildman–Crippen MR) is 72.1 cm³/mol. The van der Waals surface area contributed by atoms with Gasteiger partial charge in [0.1, 0.15) is 5.75 Å². The molecule has 100 valence electrons. The predicted octanol–water partition coefficient (Wildman–Crippen LogP) is 2.32. The highest BCUT2D eigenvalue weighted by atomic mass is 32.2. The van der Waals surface area contributed by atoms with Crippen molar-refractivity contribution in [2.75, 3.05) is 12.9 Å².